The first-order valence-electron chi connectivity index (χ1n) is 5.81. The van der Waals surface area contributed by atoms with E-state index in [1.165, 1.54) is 0 Å². The third kappa shape index (κ3) is 2.34. The third-order valence-corrected chi connectivity index (χ3v) is 2.81. The van der Waals surface area contributed by atoms with Crippen molar-refractivity contribution in [2.75, 3.05) is 0 Å². The molecule has 1 heterocycles. The summed E-state index contributed by atoms with van der Waals surface area (Å²) in [7, 11) is 0. The van der Waals surface area contributed by atoms with Crippen LogP contribution in [0, 0.1) is 0 Å². The van der Waals surface area contributed by atoms with Gasteiger partial charge in [0.2, 0.25) is 0 Å². The van der Waals surface area contributed by atoms with Crippen LogP contribution in [-0.4, -0.2) is 11.2 Å². The smallest absolute Gasteiger partial charge is 0.137 e. The standard InChI is InChI=1S/C14H14O3/c15-14(13-5-2-8-16-13)10-3-1-4-12(9-10)17-11-6-7-11/h1-5,8-9,11,14-15H,6-7H2. The first-order chi connectivity index (χ1) is 8.33. The fraction of sp³-hybridized carbons (Fsp3) is 0.286. The van der Waals surface area contributed by atoms with E-state index in [-0.39, 0.29) is 0 Å². The van der Waals surface area contributed by atoms with Crippen molar-refractivity contribution in [2.24, 2.45) is 0 Å². The molecule has 1 N–H and O–H groups in total. The van der Waals surface area contributed by atoms with Gasteiger partial charge in [-0.25, -0.2) is 0 Å². The molecule has 0 amide bonds. The Bertz CT molecular complexity index is 486. The molecule has 1 atom stereocenters. The summed E-state index contributed by atoms with van der Waals surface area (Å²) in [4.78, 5) is 0. The quantitative estimate of drug-likeness (QED) is 0.878. The van der Waals surface area contributed by atoms with Crippen LogP contribution >= 0.6 is 0 Å². The second kappa shape index (κ2) is 4.26. The molecule has 1 saturated carbocycles. The van der Waals surface area contributed by atoms with Crippen molar-refractivity contribution in [1.82, 2.24) is 0 Å². The third-order valence-electron chi connectivity index (χ3n) is 2.81. The maximum atomic E-state index is 10.1. The number of hydrogen-bond donors (Lipinski definition) is 1. The van der Waals surface area contributed by atoms with Gasteiger partial charge in [0.15, 0.2) is 0 Å². The molecular formula is C14H14O3. The van der Waals surface area contributed by atoms with Gasteiger partial charge in [-0.3, -0.25) is 0 Å². The SMILES string of the molecule is OC(c1cccc(OC2CC2)c1)c1ccco1. The van der Waals surface area contributed by atoms with Crippen LogP contribution in [0.1, 0.15) is 30.3 Å². The summed E-state index contributed by atoms with van der Waals surface area (Å²) in [5, 5.41) is 10.1. The Labute approximate surface area is 99.6 Å². The van der Waals surface area contributed by atoms with E-state index in [2.05, 4.69) is 0 Å². The van der Waals surface area contributed by atoms with Crippen molar-refractivity contribution in [2.45, 2.75) is 25.0 Å². The molecule has 88 valence electrons. The van der Waals surface area contributed by atoms with Crippen LogP contribution in [0.3, 0.4) is 0 Å². The first kappa shape index (κ1) is 10.4. The molecule has 0 spiro atoms. The Kier molecular flexibility index (Phi) is 2.61. The second-order valence-corrected chi connectivity index (χ2v) is 4.31. The van der Waals surface area contributed by atoms with Gasteiger partial charge in [-0.2, -0.15) is 0 Å². The number of aliphatic hydroxyl groups excluding tert-OH is 1. The average Bonchev–Trinajstić information content (AvgIpc) is 2.99. The molecule has 3 nitrogen and oxygen atoms in total. The van der Waals surface area contributed by atoms with E-state index in [0.29, 0.717) is 11.9 Å². The number of aliphatic hydroxyl groups is 1. The van der Waals surface area contributed by atoms with E-state index in [9.17, 15) is 5.11 Å². The van der Waals surface area contributed by atoms with Gasteiger partial charge in [-0.05, 0) is 42.7 Å². The predicted molar refractivity (Wildman–Crippen MR) is 62.9 cm³/mol. The molecule has 3 heteroatoms. The van der Waals surface area contributed by atoms with Crippen molar-refractivity contribution < 1.29 is 14.3 Å². The molecule has 0 bridgehead atoms. The molecule has 0 saturated heterocycles. The largest absolute Gasteiger partial charge is 0.490 e. The van der Waals surface area contributed by atoms with Gasteiger partial charge in [0, 0.05) is 0 Å². The van der Waals surface area contributed by atoms with Crippen LogP contribution in [0.4, 0.5) is 0 Å². The summed E-state index contributed by atoms with van der Waals surface area (Å²) < 4.78 is 10.9. The van der Waals surface area contributed by atoms with Gasteiger partial charge in [0.25, 0.3) is 0 Å². The molecule has 1 aliphatic rings. The second-order valence-electron chi connectivity index (χ2n) is 4.31. The molecule has 3 rings (SSSR count). The summed E-state index contributed by atoms with van der Waals surface area (Å²) >= 11 is 0. The number of furan rings is 1. The maximum Gasteiger partial charge on any atom is 0.137 e. The molecule has 17 heavy (non-hydrogen) atoms. The number of ether oxygens (including phenoxy) is 1. The fourth-order valence-electron chi connectivity index (χ4n) is 1.75. The van der Waals surface area contributed by atoms with E-state index in [1.807, 2.05) is 24.3 Å². The van der Waals surface area contributed by atoms with E-state index >= 15 is 0 Å². The van der Waals surface area contributed by atoms with Crippen molar-refractivity contribution in [1.29, 1.82) is 0 Å². The van der Waals surface area contributed by atoms with Crippen LogP contribution < -0.4 is 4.74 Å². The number of hydrogen-bond acceptors (Lipinski definition) is 3. The van der Waals surface area contributed by atoms with Crippen LogP contribution in [0.25, 0.3) is 0 Å². The van der Waals surface area contributed by atoms with Gasteiger partial charge in [-0.15, -0.1) is 0 Å². The summed E-state index contributed by atoms with van der Waals surface area (Å²) in [6, 6.07) is 11.1. The predicted octanol–water partition coefficient (Wildman–Crippen LogP) is 2.90. The lowest BCUT2D eigenvalue weighted by molar-refractivity contribution is 0.188. The normalized spacial score (nSPS) is 16.8. The highest BCUT2D eigenvalue weighted by atomic mass is 16.5. The summed E-state index contributed by atoms with van der Waals surface area (Å²) in [5.74, 6) is 1.36. The van der Waals surface area contributed by atoms with Gasteiger partial charge < -0.3 is 14.3 Å². The van der Waals surface area contributed by atoms with Crippen molar-refractivity contribution in [3.63, 3.8) is 0 Å². The average molecular weight is 230 g/mol. The van der Waals surface area contributed by atoms with Gasteiger partial charge in [0.05, 0.1) is 12.4 Å². The molecule has 2 aromatic rings. The van der Waals surface area contributed by atoms with Crippen molar-refractivity contribution >= 4 is 0 Å². The molecule has 0 aliphatic heterocycles. The van der Waals surface area contributed by atoms with Crippen LogP contribution in [0.5, 0.6) is 5.75 Å². The summed E-state index contributed by atoms with van der Waals surface area (Å²) in [5.41, 5.74) is 0.790. The van der Waals surface area contributed by atoms with Gasteiger partial charge in [-0.1, -0.05) is 12.1 Å². The Morgan fingerprint density at radius 2 is 2.12 bits per heavy atom. The van der Waals surface area contributed by atoms with Gasteiger partial charge in [0.1, 0.15) is 17.6 Å². The highest BCUT2D eigenvalue weighted by molar-refractivity contribution is 5.33. The topological polar surface area (TPSA) is 42.6 Å². The van der Waals surface area contributed by atoms with Crippen LogP contribution in [0.2, 0.25) is 0 Å². The monoisotopic (exact) mass is 230 g/mol. The molecular weight excluding hydrogens is 216 g/mol. The number of benzene rings is 1. The van der Waals surface area contributed by atoms with E-state index < -0.39 is 6.10 Å². The van der Waals surface area contributed by atoms with Crippen LogP contribution in [-0.2, 0) is 0 Å². The van der Waals surface area contributed by atoms with E-state index in [4.69, 9.17) is 9.15 Å². The Hall–Kier alpha value is -1.74. The zero-order chi connectivity index (χ0) is 11.7. The van der Waals surface area contributed by atoms with Crippen molar-refractivity contribution in [3.05, 3.63) is 54.0 Å². The molecule has 1 aromatic carbocycles. The fourth-order valence-corrected chi connectivity index (χ4v) is 1.75. The minimum absolute atomic E-state index is 0.367. The first-order valence-corrected chi connectivity index (χ1v) is 5.81. The molecule has 0 radical (unpaired) electrons. The minimum Gasteiger partial charge on any atom is -0.490 e. The lowest BCUT2D eigenvalue weighted by Gasteiger charge is -2.10. The Morgan fingerprint density at radius 3 is 2.82 bits per heavy atom. The van der Waals surface area contributed by atoms with E-state index in [0.717, 1.165) is 24.2 Å². The molecule has 1 aliphatic carbocycles. The molecule has 1 aromatic heterocycles. The van der Waals surface area contributed by atoms with Crippen LogP contribution in [0.15, 0.2) is 47.1 Å². The minimum atomic E-state index is -0.729. The zero-order valence-electron chi connectivity index (χ0n) is 9.37. The summed E-state index contributed by atoms with van der Waals surface area (Å²) in [6.45, 7) is 0. The summed E-state index contributed by atoms with van der Waals surface area (Å²) in [6.07, 6.45) is 3.46. The maximum absolute atomic E-state index is 10.1. The molecule has 1 unspecified atom stereocenters. The van der Waals surface area contributed by atoms with Crippen molar-refractivity contribution in [3.8, 4) is 5.75 Å². The lowest BCUT2D eigenvalue weighted by Crippen LogP contribution is -2.00. The van der Waals surface area contributed by atoms with E-state index in [1.54, 1.807) is 18.4 Å². The van der Waals surface area contributed by atoms with Gasteiger partial charge >= 0.3 is 0 Å². The highest BCUT2D eigenvalue weighted by Gasteiger charge is 2.23. The lowest BCUT2D eigenvalue weighted by atomic mass is 10.1. The number of rotatable bonds is 4. The Morgan fingerprint density at radius 1 is 1.24 bits per heavy atom. The Balaban J connectivity index is 1.81. The zero-order valence-corrected chi connectivity index (χ0v) is 9.37. The molecule has 1 fully saturated rings. The highest BCUT2D eigenvalue weighted by Crippen LogP contribution is 2.29.